The van der Waals surface area contributed by atoms with Gasteiger partial charge < -0.3 is 15.5 Å². The number of halogens is 2. The number of amides is 1. The van der Waals surface area contributed by atoms with Crippen LogP contribution in [0.25, 0.3) is 0 Å². The summed E-state index contributed by atoms with van der Waals surface area (Å²) in [6.07, 6.45) is 0. The van der Waals surface area contributed by atoms with E-state index in [2.05, 4.69) is 0 Å². The van der Waals surface area contributed by atoms with Crippen LogP contribution in [0.5, 0.6) is 0 Å². The Balaban J connectivity index is 2.76. The Labute approximate surface area is 107 Å². The van der Waals surface area contributed by atoms with Crippen LogP contribution in [-0.4, -0.2) is 34.2 Å². The highest BCUT2D eigenvalue weighted by Crippen LogP contribution is 2.27. The van der Waals surface area contributed by atoms with E-state index in [4.69, 9.17) is 5.11 Å². The molecule has 1 amide bonds. The van der Waals surface area contributed by atoms with Crippen molar-refractivity contribution in [2.45, 2.75) is 18.4 Å². The maximum Gasteiger partial charge on any atom is 0.349 e. The van der Waals surface area contributed by atoms with Gasteiger partial charge in [0, 0.05) is 5.56 Å². The largest absolute Gasteiger partial charge is 0.479 e. The first-order valence-corrected chi connectivity index (χ1v) is 5.35. The third kappa shape index (κ3) is 3.47. The minimum atomic E-state index is -3.80. The van der Waals surface area contributed by atoms with Crippen LogP contribution in [0.2, 0.25) is 0 Å². The van der Waals surface area contributed by atoms with Crippen LogP contribution in [0.1, 0.15) is 12.5 Å². The van der Waals surface area contributed by atoms with E-state index in [1.807, 2.05) is 0 Å². The molecule has 7 heteroatoms. The average Bonchev–Trinajstić information content (AvgIpc) is 2.36. The second-order valence-corrected chi connectivity index (χ2v) is 4.20. The molecule has 1 atom stereocenters. The van der Waals surface area contributed by atoms with Gasteiger partial charge in [-0.1, -0.05) is 30.3 Å². The lowest BCUT2D eigenvalue weighted by Crippen LogP contribution is -2.49. The third-order valence-electron chi connectivity index (χ3n) is 2.48. The molecular formula is C12H13F2NO4. The van der Waals surface area contributed by atoms with Crippen molar-refractivity contribution < 1.29 is 28.6 Å². The monoisotopic (exact) mass is 273 g/mol. The van der Waals surface area contributed by atoms with E-state index in [-0.39, 0.29) is 0 Å². The van der Waals surface area contributed by atoms with Gasteiger partial charge in [-0.05, 0) is 6.92 Å². The van der Waals surface area contributed by atoms with E-state index in [9.17, 15) is 23.5 Å². The molecule has 19 heavy (non-hydrogen) atoms. The molecule has 0 aliphatic heterocycles. The first kappa shape index (κ1) is 15.0. The van der Waals surface area contributed by atoms with Gasteiger partial charge in [0.15, 0.2) is 5.60 Å². The van der Waals surface area contributed by atoms with E-state index in [0.717, 1.165) is 19.1 Å². The SMILES string of the molecule is CC(O)(CNC(=O)C(F)(F)c1ccccc1)C(=O)O. The summed E-state index contributed by atoms with van der Waals surface area (Å²) in [7, 11) is 0. The molecule has 0 aliphatic rings. The molecule has 0 heterocycles. The summed E-state index contributed by atoms with van der Waals surface area (Å²) in [4.78, 5) is 21.9. The second-order valence-electron chi connectivity index (χ2n) is 4.20. The number of hydrogen-bond donors (Lipinski definition) is 3. The van der Waals surface area contributed by atoms with Gasteiger partial charge >= 0.3 is 11.9 Å². The first-order chi connectivity index (χ1) is 8.68. The van der Waals surface area contributed by atoms with Crippen molar-refractivity contribution >= 4 is 11.9 Å². The van der Waals surface area contributed by atoms with Crippen LogP contribution >= 0.6 is 0 Å². The van der Waals surface area contributed by atoms with E-state index in [0.29, 0.717) is 0 Å². The molecule has 0 bridgehead atoms. The van der Waals surface area contributed by atoms with Crippen molar-refractivity contribution in [1.29, 1.82) is 0 Å². The summed E-state index contributed by atoms with van der Waals surface area (Å²) in [6, 6.07) is 6.38. The van der Waals surface area contributed by atoms with Gasteiger partial charge in [0.2, 0.25) is 0 Å². The van der Waals surface area contributed by atoms with E-state index in [1.165, 1.54) is 18.2 Å². The molecule has 5 nitrogen and oxygen atoms in total. The molecule has 104 valence electrons. The fourth-order valence-corrected chi connectivity index (χ4v) is 1.22. The third-order valence-corrected chi connectivity index (χ3v) is 2.48. The second kappa shape index (κ2) is 5.31. The Morgan fingerprint density at radius 1 is 1.26 bits per heavy atom. The number of aliphatic hydroxyl groups is 1. The predicted molar refractivity (Wildman–Crippen MR) is 61.6 cm³/mol. The number of carboxylic acid groups (broad SMARTS) is 1. The minimum Gasteiger partial charge on any atom is -0.479 e. The quantitative estimate of drug-likeness (QED) is 0.738. The van der Waals surface area contributed by atoms with E-state index in [1.54, 1.807) is 5.32 Å². The van der Waals surface area contributed by atoms with Gasteiger partial charge in [0.1, 0.15) is 0 Å². The minimum absolute atomic E-state index is 0.512. The number of alkyl halides is 2. The zero-order chi connectivity index (χ0) is 14.7. The number of aliphatic carboxylic acids is 1. The zero-order valence-electron chi connectivity index (χ0n) is 10.1. The molecule has 0 saturated heterocycles. The number of nitrogens with one attached hydrogen (secondary N) is 1. The van der Waals surface area contributed by atoms with Crippen molar-refractivity contribution in [3.63, 3.8) is 0 Å². The molecule has 0 radical (unpaired) electrons. The van der Waals surface area contributed by atoms with E-state index < -0.39 is 35.5 Å². The average molecular weight is 273 g/mol. The highest BCUT2D eigenvalue weighted by Gasteiger charge is 2.42. The number of rotatable bonds is 5. The van der Waals surface area contributed by atoms with Crippen LogP contribution in [0.3, 0.4) is 0 Å². The van der Waals surface area contributed by atoms with Crippen LogP contribution < -0.4 is 5.32 Å². The molecule has 3 N–H and O–H groups in total. The Bertz CT molecular complexity index is 474. The number of benzene rings is 1. The standard InChI is InChI=1S/C12H13F2NO4/c1-11(19,10(17)18)7-15-9(16)12(13,14)8-5-3-2-4-6-8/h2-6,19H,7H2,1H3,(H,15,16)(H,17,18). The van der Waals surface area contributed by atoms with Gasteiger partial charge in [-0.25, -0.2) is 4.79 Å². The number of hydrogen-bond acceptors (Lipinski definition) is 3. The Morgan fingerprint density at radius 3 is 2.26 bits per heavy atom. The Kier molecular flexibility index (Phi) is 4.21. The molecule has 0 saturated carbocycles. The molecule has 1 unspecified atom stereocenters. The fourth-order valence-electron chi connectivity index (χ4n) is 1.22. The fraction of sp³-hybridized carbons (Fsp3) is 0.333. The van der Waals surface area contributed by atoms with E-state index >= 15 is 0 Å². The molecule has 0 aliphatic carbocycles. The van der Waals surface area contributed by atoms with Crippen molar-refractivity contribution in [3.05, 3.63) is 35.9 Å². The van der Waals surface area contributed by atoms with Gasteiger partial charge in [-0.2, -0.15) is 8.78 Å². The number of carbonyl (C=O) groups excluding carboxylic acids is 1. The Hall–Kier alpha value is -2.02. The van der Waals surface area contributed by atoms with Crippen LogP contribution in [0.15, 0.2) is 30.3 Å². The van der Waals surface area contributed by atoms with Crippen molar-refractivity contribution in [1.82, 2.24) is 5.32 Å². The van der Waals surface area contributed by atoms with Gasteiger partial charge in [0.05, 0.1) is 6.54 Å². The molecular weight excluding hydrogens is 260 g/mol. The highest BCUT2D eigenvalue weighted by molar-refractivity contribution is 5.86. The van der Waals surface area contributed by atoms with Crippen LogP contribution in [-0.2, 0) is 15.5 Å². The zero-order valence-corrected chi connectivity index (χ0v) is 10.1. The maximum absolute atomic E-state index is 13.7. The molecule has 0 aromatic heterocycles. The summed E-state index contributed by atoms with van der Waals surface area (Å²) in [5.41, 5.74) is -2.81. The van der Waals surface area contributed by atoms with Gasteiger partial charge in [-0.15, -0.1) is 0 Å². The van der Waals surface area contributed by atoms with Crippen molar-refractivity contribution in [3.8, 4) is 0 Å². The summed E-state index contributed by atoms with van der Waals surface area (Å²) in [6.45, 7) is 0.0832. The lowest BCUT2D eigenvalue weighted by atomic mass is 10.1. The summed E-state index contributed by atoms with van der Waals surface area (Å²) >= 11 is 0. The Morgan fingerprint density at radius 2 is 1.79 bits per heavy atom. The molecule has 0 fully saturated rings. The lowest BCUT2D eigenvalue weighted by Gasteiger charge is -2.21. The van der Waals surface area contributed by atoms with Gasteiger partial charge in [-0.3, -0.25) is 4.79 Å². The molecule has 1 rings (SSSR count). The summed E-state index contributed by atoms with van der Waals surface area (Å²) in [5, 5.41) is 19.6. The molecule has 1 aromatic carbocycles. The first-order valence-electron chi connectivity index (χ1n) is 5.35. The van der Waals surface area contributed by atoms with Crippen molar-refractivity contribution in [2.75, 3.05) is 6.54 Å². The predicted octanol–water partition coefficient (Wildman–Crippen LogP) is 0.730. The number of carbonyl (C=O) groups is 2. The molecule has 1 aromatic rings. The maximum atomic E-state index is 13.7. The number of carboxylic acids is 1. The topological polar surface area (TPSA) is 86.6 Å². The smallest absolute Gasteiger partial charge is 0.349 e. The lowest BCUT2D eigenvalue weighted by molar-refractivity contribution is -0.158. The molecule has 0 spiro atoms. The van der Waals surface area contributed by atoms with Crippen molar-refractivity contribution in [2.24, 2.45) is 0 Å². The normalized spacial score (nSPS) is 14.5. The summed E-state index contributed by atoms with van der Waals surface area (Å²) in [5.74, 6) is -7.08. The van der Waals surface area contributed by atoms with Crippen LogP contribution in [0, 0.1) is 0 Å². The van der Waals surface area contributed by atoms with Crippen LogP contribution in [0.4, 0.5) is 8.78 Å². The van der Waals surface area contributed by atoms with Gasteiger partial charge in [0.25, 0.3) is 5.91 Å². The summed E-state index contributed by atoms with van der Waals surface area (Å²) < 4.78 is 27.4. The highest BCUT2D eigenvalue weighted by atomic mass is 19.3.